The van der Waals surface area contributed by atoms with Crippen molar-refractivity contribution in [1.82, 2.24) is 10.5 Å². The summed E-state index contributed by atoms with van der Waals surface area (Å²) in [5.74, 6) is -2.26. The number of nitrogens with zero attached hydrogens (tertiary/aromatic N) is 2. The highest BCUT2D eigenvalue weighted by Crippen LogP contribution is 2.27. The highest BCUT2D eigenvalue weighted by molar-refractivity contribution is 6.06. The molecular formula is C16H16F2N4O3. The van der Waals surface area contributed by atoms with Gasteiger partial charge in [-0.2, -0.15) is 0 Å². The van der Waals surface area contributed by atoms with Gasteiger partial charge in [-0.3, -0.25) is 9.69 Å². The Morgan fingerprint density at radius 1 is 1.40 bits per heavy atom. The Labute approximate surface area is 142 Å². The van der Waals surface area contributed by atoms with Crippen LogP contribution in [0, 0.1) is 18.6 Å². The third-order valence-electron chi connectivity index (χ3n) is 3.92. The quantitative estimate of drug-likeness (QED) is 0.887. The maximum Gasteiger partial charge on any atom is 0.322 e. The summed E-state index contributed by atoms with van der Waals surface area (Å²) in [5, 5.41) is 8.82. The van der Waals surface area contributed by atoms with Crippen molar-refractivity contribution in [2.24, 2.45) is 0 Å². The van der Waals surface area contributed by atoms with Crippen LogP contribution in [-0.4, -0.2) is 30.2 Å². The fourth-order valence-electron chi connectivity index (χ4n) is 2.62. The molecule has 0 aliphatic carbocycles. The van der Waals surface area contributed by atoms with Gasteiger partial charge in [0.05, 0.1) is 11.3 Å². The van der Waals surface area contributed by atoms with Gasteiger partial charge >= 0.3 is 6.03 Å². The van der Waals surface area contributed by atoms with E-state index in [9.17, 15) is 18.4 Å². The summed E-state index contributed by atoms with van der Waals surface area (Å²) >= 11 is 0. The van der Waals surface area contributed by atoms with E-state index in [1.165, 1.54) is 0 Å². The molecule has 1 aliphatic rings. The molecule has 7 nitrogen and oxygen atoms in total. The van der Waals surface area contributed by atoms with Crippen LogP contribution < -0.4 is 15.5 Å². The van der Waals surface area contributed by atoms with E-state index in [1.54, 1.807) is 6.92 Å². The summed E-state index contributed by atoms with van der Waals surface area (Å²) < 4.78 is 33.2. The number of aryl methyl sites for hydroxylation is 2. The first kappa shape index (κ1) is 16.9. The summed E-state index contributed by atoms with van der Waals surface area (Å²) in [5.41, 5.74) is 0.279. The van der Waals surface area contributed by atoms with Gasteiger partial charge in [-0.1, -0.05) is 12.1 Å². The molecule has 2 aromatic rings. The fraction of sp³-hybridized carbons (Fsp3) is 0.312. The minimum absolute atomic E-state index is 0.153. The predicted molar refractivity (Wildman–Crippen MR) is 85.7 cm³/mol. The van der Waals surface area contributed by atoms with Crippen molar-refractivity contribution in [3.63, 3.8) is 0 Å². The van der Waals surface area contributed by atoms with Crippen LogP contribution in [0.25, 0.3) is 0 Å². The van der Waals surface area contributed by atoms with E-state index >= 15 is 0 Å². The average molecular weight is 350 g/mol. The van der Waals surface area contributed by atoms with Gasteiger partial charge in [-0.25, -0.2) is 13.6 Å². The van der Waals surface area contributed by atoms with Crippen molar-refractivity contribution in [3.8, 4) is 0 Å². The molecule has 1 aromatic carbocycles. The molecule has 25 heavy (non-hydrogen) atoms. The Morgan fingerprint density at radius 2 is 2.16 bits per heavy atom. The number of hydrogen-bond acceptors (Lipinski definition) is 4. The zero-order valence-electron chi connectivity index (χ0n) is 13.7. The molecule has 3 amide bonds. The van der Waals surface area contributed by atoms with Gasteiger partial charge in [-0.15, -0.1) is 0 Å². The molecule has 2 N–H and O–H groups in total. The molecule has 0 bridgehead atoms. The topological polar surface area (TPSA) is 87.5 Å². The Bertz CT molecular complexity index is 850. The van der Waals surface area contributed by atoms with E-state index in [0.29, 0.717) is 36.2 Å². The highest BCUT2D eigenvalue weighted by Gasteiger charge is 2.27. The zero-order valence-corrected chi connectivity index (χ0v) is 13.7. The smallest absolute Gasteiger partial charge is 0.322 e. The number of benzene rings is 1. The maximum atomic E-state index is 14.1. The molecule has 1 aliphatic heterocycles. The first-order valence-corrected chi connectivity index (χ1v) is 7.73. The molecule has 9 heteroatoms. The second-order valence-electron chi connectivity index (χ2n) is 5.54. The van der Waals surface area contributed by atoms with E-state index in [1.807, 2.05) is 6.92 Å². The predicted octanol–water partition coefficient (Wildman–Crippen LogP) is 2.61. The first-order chi connectivity index (χ1) is 11.9. The molecular weight excluding hydrogens is 334 g/mol. The lowest BCUT2D eigenvalue weighted by molar-refractivity contribution is 0.102. The van der Waals surface area contributed by atoms with Gasteiger partial charge in [0.25, 0.3) is 5.91 Å². The van der Waals surface area contributed by atoms with Crippen molar-refractivity contribution in [2.75, 3.05) is 23.3 Å². The zero-order chi connectivity index (χ0) is 18.1. The number of amides is 3. The van der Waals surface area contributed by atoms with E-state index < -0.39 is 23.6 Å². The van der Waals surface area contributed by atoms with E-state index in [0.717, 1.165) is 11.0 Å². The number of anilines is 2. The number of aromatic nitrogens is 1. The summed E-state index contributed by atoms with van der Waals surface area (Å²) in [6.45, 7) is 4.03. The molecule has 0 unspecified atom stereocenters. The Morgan fingerprint density at radius 3 is 2.80 bits per heavy atom. The van der Waals surface area contributed by atoms with Gasteiger partial charge in [0.2, 0.25) is 0 Å². The lowest BCUT2D eigenvalue weighted by atomic mass is 10.1. The lowest BCUT2D eigenvalue weighted by Gasteiger charge is -2.16. The van der Waals surface area contributed by atoms with Gasteiger partial charge in [-0.05, 0) is 13.0 Å². The third kappa shape index (κ3) is 3.04. The van der Waals surface area contributed by atoms with Crippen molar-refractivity contribution >= 4 is 23.3 Å². The summed E-state index contributed by atoms with van der Waals surface area (Å²) in [6.07, 6.45) is 0.488. The SMILES string of the molecule is CCc1onc(C)c1NC(=O)c1cc(N2CCNC2=O)c(F)cc1F. The lowest BCUT2D eigenvalue weighted by Crippen LogP contribution is -2.29. The number of urea groups is 1. The Kier molecular flexibility index (Phi) is 4.39. The average Bonchev–Trinajstić information content (AvgIpc) is 3.14. The number of hydrogen-bond donors (Lipinski definition) is 2. The van der Waals surface area contributed by atoms with Crippen LogP contribution in [0.1, 0.15) is 28.7 Å². The Balaban J connectivity index is 1.94. The van der Waals surface area contributed by atoms with Crippen molar-refractivity contribution in [3.05, 3.63) is 40.8 Å². The van der Waals surface area contributed by atoms with Crippen molar-refractivity contribution in [1.29, 1.82) is 0 Å². The Hall–Kier alpha value is -2.97. The second kappa shape index (κ2) is 6.50. The van der Waals surface area contributed by atoms with E-state index in [4.69, 9.17) is 4.52 Å². The molecule has 1 aromatic heterocycles. The largest absolute Gasteiger partial charge is 0.359 e. The fourth-order valence-corrected chi connectivity index (χ4v) is 2.62. The molecule has 0 spiro atoms. The molecule has 132 valence electrons. The molecule has 2 heterocycles. The van der Waals surface area contributed by atoms with Crippen LogP contribution in [0.3, 0.4) is 0 Å². The molecule has 1 fully saturated rings. The number of rotatable bonds is 4. The van der Waals surface area contributed by atoms with Crippen LogP contribution in [0.5, 0.6) is 0 Å². The summed E-state index contributed by atoms with van der Waals surface area (Å²) in [4.78, 5) is 25.3. The molecule has 0 saturated carbocycles. The van der Waals surface area contributed by atoms with Crippen molar-refractivity contribution in [2.45, 2.75) is 20.3 Å². The number of carbonyl (C=O) groups is 2. The molecule has 1 saturated heterocycles. The summed E-state index contributed by atoms with van der Waals surface area (Å²) in [7, 11) is 0. The molecule has 0 radical (unpaired) electrons. The molecule has 3 rings (SSSR count). The number of carbonyl (C=O) groups excluding carboxylic acids is 2. The minimum atomic E-state index is -1.02. The number of nitrogens with one attached hydrogen (secondary N) is 2. The third-order valence-corrected chi connectivity index (χ3v) is 3.92. The van der Waals surface area contributed by atoms with Crippen LogP contribution in [-0.2, 0) is 6.42 Å². The van der Waals surface area contributed by atoms with Crippen LogP contribution in [0.4, 0.5) is 25.0 Å². The standard InChI is InChI=1S/C16H16F2N4O3/c1-3-13-14(8(2)21-25-13)20-15(23)9-6-12(11(18)7-10(9)17)22-5-4-19-16(22)24/h6-7H,3-5H2,1-2H3,(H,19,24)(H,20,23). The van der Waals surface area contributed by atoms with Crippen LogP contribution in [0.2, 0.25) is 0 Å². The normalized spacial score (nSPS) is 13.9. The summed E-state index contributed by atoms with van der Waals surface area (Å²) in [6, 6.07) is 1.12. The van der Waals surface area contributed by atoms with E-state index in [-0.39, 0.29) is 17.8 Å². The monoisotopic (exact) mass is 350 g/mol. The van der Waals surface area contributed by atoms with E-state index in [2.05, 4.69) is 15.8 Å². The highest BCUT2D eigenvalue weighted by atomic mass is 19.1. The number of halogens is 2. The van der Waals surface area contributed by atoms with Gasteiger partial charge < -0.3 is 15.2 Å². The second-order valence-corrected chi connectivity index (χ2v) is 5.54. The maximum absolute atomic E-state index is 14.1. The minimum Gasteiger partial charge on any atom is -0.359 e. The van der Waals surface area contributed by atoms with Gasteiger partial charge in [0.1, 0.15) is 23.0 Å². The van der Waals surface area contributed by atoms with Crippen molar-refractivity contribution < 1.29 is 22.9 Å². The van der Waals surface area contributed by atoms with Crippen LogP contribution in [0.15, 0.2) is 16.7 Å². The molecule has 0 atom stereocenters. The van der Waals surface area contributed by atoms with Crippen LogP contribution >= 0.6 is 0 Å². The first-order valence-electron chi connectivity index (χ1n) is 7.73. The van der Waals surface area contributed by atoms with Gasteiger partial charge in [0, 0.05) is 25.6 Å². The van der Waals surface area contributed by atoms with Gasteiger partial charge in [0.15, 0.2) is 5.76 Å².